The van der Waals surface area contributed by atoms with Gasteiger partial charge >= 0.3 is 0 Å². The molecule has 126 valence electrons. The van der Waals surface area contributed by atoms with E-state index in [0.717, 1.165) is 5.01 Å². The minimum atomic E-state index is -3.87. The van der Waals surface area contributed by atoms with Gasteiger partial charge in [-0.15, -0.1) is 10.2 Å². The number of benzene rings is 1. The molecule has 0 amide bonds. The monoisotopic (exact) mass is 357 g/mol. The lowest BCUT2D eigenvalue weighted by molar-refractivity contribution is 0.392. The molecule has 0 aliphatic carbocycles. The molecule has 0 aliphatic heterocycles. The SMILES string of the molecule is COc1ccc(OC)c(S(=O)(=O)Nc2nnc(C(C)(C)C)s2)c1. The summed E-state index contributed by atoms with van der Waals surface area (Å²) in [7, 11) is -0.997. The van der Waals surface area contributed by atoms with E-state index in [1.54, 1.807) is 6.07 Å². The van der Waals surface area contributed by atoms with E-state index in [1.807, 2.05) is 20.8 Å². The molecule has 1 aromatic carbocycles. The summed E-state index contributed by atoms with van der Waals surface area (Å²) in [4.78, 5) is -0.0214. The maximum atomic E-state index is 12.6. The summed E-state index contributed by atoms with van der Waals surface area (Å²) in [5, 5.41) is 8.88. The molecule has 1 N–H and O–H groups in total. The number of sulfonamides is 1. The van der Waals surface area contributed by atoms with E-state index in [9.17, 15) is 8.42 Å². The van der Waals surface area contributed by atoms with Crippen LogP contribution in [-0.4, -0.2) is 32.8 Å². The van der Waals surface area contributed by atoms with Gasteiger partial charge in [0.25, 0.3) is 10.0 Å². The van der Waals surface area contributed by atoms with Crippen molar-refractivity contribution < 1.29 is 17.9 Å². The third-order valence-electron chi connectivity index (χ3n) is 2.95. The summed E-state index contributed by atoms with van der Waals surface area (Å²) in [6.45, 7) is 5.95. The van der Waals surface area contributed by atoms with Gasteiger partial charge in [-0.2, -0.15) is 0 Å². The predicted octanol–water partition coefficient (Wildman–Crippen LogP) is 2.65. The van der Waals surface area contributed by atoms with Crippen LogP contribution in [-0.2, 0) is 15.4 Å². The number of ether oxygens (including phenoxy) is 2. The van der Waals surface area contributed by atoms with Gasteiger partial charge in [0.1, 0.15) is 21.4 Å². The summed E-state index contributed by atoms with van der Waals surface area (Å²) >= 11 is 1.20. The number of anilines is 1. The molecular formula is C14H19N3O4S2. The molecule has 0 atom stereocenters. The Hall–Kier alpha value is -1.87. The maximum absolute atomic E-state index is 12.6. The molecule has 1 aromatic heterocycles. The first-order valence-corrected chi connectivity index (χ1v) is 9.06. The largest absolute Gasteiger partial charge is 0.497 e. The van der Waals surface area contributed by atoms with Crippen molar-refractivity contribution in [2.45, 2.75) is 31.1 Å². The van der Waals surface area contributed by atoms with Crippen LogP contribution in [0.5, 0.6) is 11.5 Å². The van der Waals surface area contributed by atoms with Crippen LogP contribution in [0.4, 0.5) is 5.13 Å². The van der Waals surface area contributed by atoms with Crippen molar-refractivity contribution in [3.8, 4) is 11.5 Å². The Morgan fingerprint density at radius 1 is 1.13 bits per heavy atom. The molecule has 0 saturated heterocycles. The normalized spacial score (nSPS) is 12.0. The van der Waals surface area contributed by atoms with E-state index >= 15 is 0 Å². The van der Waals surface area contributed by atoms with Crippen molar-refractivity contribution in [3.05, 3.63) is 23.2 Å². The van der Waals surface area contributed by atoms with E-state index in [-0.39, 0.29) is 21.2 Å². The summed E-state index contributed by atoms with van der Waals surface area (Å²) in [5.41, 5.74) is -0.199. The van der Waals surface area contributed by atoms with Gasteiger partial charge in [-0.25, -0.2) is 8.42 Å². The zero-order valence-corrected chi connectivity index (χ0v) is 15.2. The van der Waals surface area contributed by atoms with E-state index in [2.05, 4.69) is 14.9 Å². The van der Waals surface area contributed by atoms with Crippen LogP contribution in [0.3, 0.4) is 0 Å². The highest BCUT2D eigenvalue weighted by molar-refractivity contribution is 7.93. The van der Waals surface area contributed by atoms with Crippen LogP contribution in [0.15, 0.2) is 23.1 Å². The molecule has 0 saturated carbocycles. The van der Waals surface area contributed by atoms with Gasteiger partial charge < -0.3 is 9.47 Å². The van der Waals surface area contributed by atoms with Gasteiger partial charge in [0.2, 0.25) is 5.13 Å². The summed E-state index contributed by atoms with van der Waals surface area (Å²) in [6, 6.07) is 4.56. The van der Waals surface area contributed by atoms with Crippen LogP contribution in [0.2, 0.25) is 0 Å². The molecule has 0 unspecified atom stereocenters. The second-order valence-corrected chi connectivity index (χ2v) is 8.41. The van der Waals surface area contributed by atoms with Crippen molar-refractivity contribution in [2.75, 3.05) is 18.9 Å². The third kappa shape index (κ3) is 3.91. The van der Waals surface area contributed by atoms with Crippen LogP contribution >= 0.6 is 11.3 Å². The highest BCUT2D eigenvalue weighted by atomic mass is 32.2. The average Bonchev–Trinajstić information content (AvgIpc) is 2.94. The lowest BCUT2D eigenvalue weighted by atomic mass is 9.98. The fraction of sp³-hybridized carbons (Fsp3) is 0.429. The van der Waals surface area contributed by atoms with Crippen molar-refractivity contribution in [1.82, 2.24) is 10.2 Å². The minimum absolute atomic E-state index is 0.0214. The van der Waals surface area contributed by atoms with Gasteiger partial charge in [-0.3, -0.25) is 4.72 Å². The molecule has 0 spiro atoms. The van der Waals surface area contributed by atoms with Crippen LogP contribution in [0.25, 0.3) is 0 Å². The van der Waals surface area contributed by atoms with Crippen LogP contribution in [0.1, 0.15) is 25.8 Å². The zero-order chi connectivity index (χ0) is 17.3. The Bertz CT molecular complexity index is 795. The van der Waals surface area contributed by atoms with Crippen molar-refractivity contribution in [3.63, 3.8) is 0 Å². The minimum Gasteiger partial charge on any atom is -0.497 e. The van der Waals surface area contributed by atoms with Gasteiger partial charge in [-0.05, 0) is 12.1 Å². The number of rotatable bonds is 5. The highest BCUT2D eigenvalue weighted by Gasteiger charge is 2.24. The van der Waals surface area contributed by atoms with Crippen LogP contribution < -0.4 is 14.2 Å². The van der Waals surface area contributed by atoms with Crippen molar-refractivity contribution in [2.24, 2.45) is 0 Å². The van der Waals surface area contributed by atoms with E-state index < -0.39 is 10.0 Å². The first-order valence-electron chi connectivity index (χ1n) is 6.76. The topological polar surface area (TPSA) is 90.4 Å². The van der Waals surface area contributed by atoms with Gasteiger partial charge in [0, 0.05) is 11.5 Å². The van der Waals surface area contributed by atoms with Gasteiger partial charge in [0.05, 0.1) is 14.2 Å². The second kappa shape index (κ2) is 6.32. The smallest absolute Gasteiger partial charge is 0.267 e. The molecule has 9 heteroatoms. The molecule has 0 fully saturated rings. The Morgan fingerprint density at radius 3 is 2.35 bits per heavy atom. The first kappa shape index (κ1) is 17.5. The predicted molar refractivity (Wildman–Crippen MR) is 89.0 cm³/mol. The lowest BCUT2D eigenvalue weighted by Gasteiger charge is -2.12. The summed E-state index contributed by atoms with van der Waals surface area (Å²) in [5.74, 6) is 0.637. The highest BCUT2D eigenvalue weighted by Crippen LogP contribution is 2.32. The lowest BCUT2D eigenvalue weighted by Crippen LogP contribution is -2.14. The molecule has 0 bridgehead atoms. The summed E-state index contributed by atoms with van der Waals surface area (Å²) in [6.07, 6.45) is 0. The van der Waals surface area contributed by atoms with Gasteiger partial charge in [-0.1, -0.05) is 32.1 Å². The second-order valence-electron chi connectivity index (χ2n) is 5.78. The number of nitrogens with zero attached hydrogens (tertiary/aromatic N) is 2. The van der Waals surface area contributed by atoms with Crippen molar-refractivity contribution >= 4 is 26.5 Å². The standard InChI is InChI=1S/C14H19N3O4S2/c1-14(2,3)12-15-16-13(22-12)17-23(18,19)11-8-9(20-4)6-7-10(11)21-5/h6-8H,1-5H3,(H,16,17). The summed E-state index contributed by atoms with van der Waals surface area (Å²) < 4.78 is 37.8. The molecular weight excluding hydrogens is 338 g/mol. The quantitative estimate of drug-likeness (QED) is 0.885. The average molecular weight is 357 g/mol. The van der Waals surface area contributed by atoms with E-state index in [4.69, 9.17) is 9.47 Å². The first-order chi connectivity index (χ1) is 10.7. The number of aromatic nitrogens is 2. The third-order valence-corrected chi connectivity index (χ3v) is 5.70. The Kier molecular flexibility index (Phi) is 4.81. The molecule has 2 aromatic rings. The number of methoxy groups -OCH3 is 2. The molecule has 0 aliphatic rings. The molecule has 0 radical (unpaired) electrons. The molecule has 23 heavy (non-hydrogen) atoms. The molecule has 7 nitrogen and oxygen atoms in total. The number of hydrogen-bond acceptors (Lipinski definition) is 7. The van der Waals surface area contributed by atoms with Crippen LogP contribution in [0, 0.1) is 0 Å². The number of nitrogens with one attached hydrogen (secondary N) is 1. The van der Waals surface area contributed by atoms with E-state index in [1.165, 1.54) is 37.7 Å². The van der Waals surface area contributed by atoms with Crippen molar-refractivity contribution in [1.29, 1.82) is 0 Å². The number of hydrogen-bond donors (Lipinski definition) is 1. The fourth-order valence-electron chi connectivity index (χ4n) is 1.73. The Morgan fingerprint density at radius 2 is 1.83 bits per heavy atom. The molecule has 1 heterocycles. The Balaban J connectivity index is 2.37. The van der Waals surface area contributed by atoms with Gasteiger partial charge in [0.15, 0.2) is 0 Å². The Labute approximate surface area is 139 Å². The zero-order valence-electron chi connectivity index (χ0n) is 13.6. The maximum Gasteiger partial charge on any atom is 0.267 e. The molecule has 2 rings (SSSR count). The van der Waals surface area contributed by atoms with E-state index in [0.29, 0.717) is 5.75 Å². The fourth-order valence-corrected chi connectivity index (χ4v) is 3.95.